The molecule has 23 heavy (non-hydrogen) atoms. The molecule has 4 amide bonds. The molecule has 0 aromatic heterocycles. The molecular weight excluding hydrogens is 302 g/mol. The summed E-state index contributed by atoms with van der Waals surface area (Å²) in [6, 6.07) is 6.44. The second-order valence-electron chi connectivity index (χ2n) is 5.43. The summed E-state index contributed by atoms with van der Waals surface area (Å²) in [6.45, 7) is 0.160. The van der Waals surface area contributed by atoms with Gasteiger partial charge in [0.2, 0.25) is 5.91 Å². The highest BCUT2D eigenvalue weighted by molar-refractivity contribution is 6.22. The minimum Gasteiger partial charge on any atom is -0.442 e. The minimum atomic E-state index is -0.481. The standard InChI is InChI=1S/C15H15N3O5/c1-17-7-9(23-15(17)22)6-16-12(19)8-18-13(20)10-4-2-3-5-11(10)14(18)21/h2-5,9H,6-8H2,1H3,(H,16,19). The molecule has 1 aromatic rings. The van der Waals surface area contributed by atoms with Crippen molar-refractivity contribution >= 4 is 23.8 Å². The summed E-state index contributed by atoms with van der Waals surface area (Å²) in [4.78, 5) is 49.8. The van der Waals surface area contributed by atoms with E-state index in [4.69, 9.17) is 4.74 Å². The molecule has 3 rings (SSSR count). The number of nitrogens with one attached hydrogen (secondary N) is 1. The van der Waals surface area contributed by atoms with Gasteiger partial charge in [-0.3, -0.25) is 19.3 Å². The second-order valence-corrected chi connectivity index (χ2v) is 5.43. The van der Waals surface area contributed by atoms with Crippen LogP contribution in [0.1, 0.15) is 20.7 Å². The number of amides is 4. The third-order valence-corrected chi connectivity index (χ3v) is 3.76. The molecule has 0 spiro atoms. The van der Waals surface area contributed by atoms with Crippen molar-refractivity contribution in [3.05, 3.63) is 35.4 Å². The van der Waals surface area contributed by atoms with Gasteiger partial charge in [0.25, 0.3) is 11.8 Å². The Labute approximate surface area is 132 Å². The first-order chi connectivity index (χ1) is 11.0. The molecule has 0 saturated carbocycles. The third kappa shape index (κ3) is 2.75. The van der Waals surface area contributed by atoms with Crippen molar-refractivity contribution in [2.24, 2.45) is 0 Å². The van der Waals surface area contributed by atoms with Gasteiger partial charge in [-0.1, -0.05) is 12.1 Å². The average molecular weight is 317 g/mol. The number of nitrogens with zero attached hydrogens (tertiary/aromatic N) is 2. The lowest BCUT2D eigenvalue weighted by Gasteiger charge is -2.15. The van der Waals surface area contributed by atoms with Crippen LogP contribution in [0.25, 0.3) is 0 Å². The Morgan fingerprint density at radius 3 is 2.35 bits per heavy atom. The summed E-state index contributed by atoms with van der Waals surface area (Å²) in [5.74, 6) is -1.44. The quantitative estimate of drug-likeness (QED) is 0.779. The van der Waals surface area contributed by atoms with Crippen molar-refractivity contribution in [2.45, 2.75) is 6.10 Å². The van der Waals surface area contributed by atoms with Gasteiger partial charge in [-0.15, -0.1) is 0 Å². The van der Waals surface area contributed by atoms with Gasteiger partial charge in [-0.25, -0.2) is 4.79 Å². The van der Waals surface area contributed by atoms with Crippen LogP contribution in [0.5, 0.6) is 0 Å². The Balaban J connectivity index is 1.56. The molecule has 8 nitrogen and oxygen atoms in total. The highest BCUT2D eigenvalue weighted by atomic mass is 16.6. The molecule has 1 fully saturated rings. The van der Waals surface area contributed by atoms with E-state index < -0.39 is 29.9 Å². The molecule has 0 radical (unpaired) electrons. The summed E-state index contributed by atoms with van der Waals surface area (Å²) in [5.41, 5.74) is 0.605. The number of hydrogen-bond acceptors (Lipinski definition) is 5. The summed E-state index contributed by atoms with van der Waals surface area (Å²) < 4.78 is 5.01. The van der Waals surface area contributed by atoms with Crippen molar-refractivity contribution in [1.29, 1.82) is 0 Å². The van der Waals surface area contributed by atoms with E-state index in [9.17, 15) is 19.2 Å². The van der Waals surface area contributed by atoms with E-state index in [0.29, 0.717) is 17.7 Å². The maximum Gasteiger partial charge on any atom is 0.410 e. The monoisotopic (exact) mass is 317 g/mol. The number of cyclic esters (lactones) is 1. The van der Waals surface area contributed by atoms with Crippen LogP contribution in [0.4, 0.5) is 4.79 Å². The molecule has 1 aromatic carbocycles. The van der Waals surface area contributed by atoms with Crippen molar-refractivity contribution < 1.29 is 23.9 Å². The molecule has 2 heterocycles. The van der Waals surface area contributed by atoms with Crippen molar-refractivity contribution in [2.75, 3.05) is 26.7 Å². The topological polar surface area (TPSA) is 96.0 Å². The molecular formula is C15H15N3O5. The molecule has 2 aliphatic heterocycles. The van der Waals surface area contributed by atoms with Gasteiger partial charge in [-0.2, -0.15) is 0 Å². The van der Waals surface area contributed by atoms with Crippen LogP contribution < -0.4 is 5.32 Å². The highest BCUT2D eigenvalue weighted by Gasteiger charge is 2.36. The van der Waals surface area contributed by atoms with Gasteiger partial charge in [0.15, 0.2) is 0 Å². The summed E-state index contributed by atoms with van der Waals surface area (Å²) in [6.07, 6.45) is -0.872. The van der Waals surface area contributed by atoms with Gasteiger partial charge in [0, 0.05) is 7.05 Å². The number of hydrogen-bond donors (Lipinski definition) is 1. The number of fused-ring (bicyclic) bond motifs is 1. The molecule has 2 aliphatic rings. The van der Waals surface area contributed by atoms with Gasteiger partial charge in [-0.05, 0) is 12.1 Å². The third-order valence-electron chi connectivity index (χ3n) is 3.76. The van der Waals surface area contributed by atoms with Crippen molar-refractivity contribution in [3.63, 3.8) is 0 Å². The van der Waals surface area contributed by atoms with E-state index in [2.05, 4.69) is 5.32 Å². The molecule has 1 unspecified atom stereocenters. The molecule has 1 atom stereocenters. The zero-order chi connectivity index (χ0) is 16.6. The maximum absolute atomic E-state index is 12.1. The summed E-state index contributed by atoms with van der Waals surface area (Å²) in [5, 5.41) is 2.57. The largest absolute Gasteiger partial charge is 0.442 e. The summed E-state index contributed by atoms with van der Waals surface area (Å²) in [7, 11) is 1.60. The molecule has 1 N–H and O–H groups in total. The van der Waals surface area contributed by atoms with E-state index in [-0.39, 0.29) is 13.1 Å². The normalized spacial score (nSPS) is 19.9. The fourth-order valence-electron chi connectivity index (χ4n) is 2.57. The number of carbonyl (C=O) groups excluding carboxylic acids is 4. The van der Waals surface area contributed by atoms with Crippen LogP contribution in [0.15, 0.2) is 24.3 Å². The molecule has 8 heteroatoms. The minimum absolute atomic E-state index is 0.137. The number of imide groups is 1. The van der Waals surface area contributed by atoms with E-state index in [1.54, 1.807) is 31.3 Å². The fraction of sp³-hybridized carbons (Fsp3) is 0.333. The first kappa shape index (κ1) is 15.0. The van der Waals surface area contributed by atoms with Crippen molar-refractivity contribution in [3.8, 4) is 0 Å². The van der Waals surface area contributed by atoms with Crippen LogP contribution in [0.3, 0.4) is 0 Å². The SMILES string of the molecule is CN1CC(CNC(=O)CN2C(=O)c3ccccc3C2=O)OC1=O. The van der Waals surface area contributed by atoms with Crippen LogP contribution in [-0.2, 0) is 9.53 Å². The lowest BCUT2D eigenvalue weighted by atomic mass is 10.1. The van der Waals surface area contributed by atoms with E-state index in [1.165, 1.54) is 4.90 Å². The molecule has 120 valence electrons. The average Bonchev–Trinajstić information content (AvgIpc) is 2.98. The van der Waals surface area contributed by atoms with Crippen LogP contribution in [-0.4, -0.2) is 66.4 Å². The number of benzene rings is 1. The first-order valence-corrected chi connectivity index (χ1v) is 7.11. The Morgan fingerprint density at radius 2 is 1.83 bits per heavy atom. The smallest absolute Gasteiger partial charge is 0.410 e. The fourth-order valence-corrected chi connectivity index (χ4v) is 2.57. The molecule has 1 saturated heterocycles. The van der Waals surface area contributed by atoms with Gasteiger partial charge < -0.3 is 15.0 Å². The lowest BCUT2D eigenvalue weighted by molar-refractivity contribution is -0.121. The maximum atomic E-state index is 12.1. The van der Waals surface area contributed by atoms with E-state index in [0.717, 1.165) is 4.90 Å². The highest BCUT2D eigenvalue weighted by Crippen LogP contribution is 2.21. The van der Waals surface area contributed by atoms with Crippen molar-refractivity contribution in [1.82, 2.24) is 15.1 Å². The Bertz CT molecular complexity index is 667. The van der Waals surface area contributed by atoms with Crippen LogP contribution in [0.2, 0.25) is 0 Å². The van der Waals surface area contributed by atoms with Crippen LogP contribution in [0, 0.1) is 0 Å². The van der Waals surface area contributed by atoms with Gasteiger partial charge >= 0.3 is 6.09 Å². The number of carbonyl (C=O) groups is 4. The Kier molecular flexibility index (Phi) is 3.73. The van der Waals surface area contributed by atoms with Gasteiger partial charge in [0.05, 0.1) is 24.2 Å². The Morgan fingerprint density at radius 1 is 1.22 bits per heavy atom. The van der Waals surface area contributed by atoms with Gasteiger partial charge in [0.1, 0.15) is 12.6 Å². The number of rotatable bonds is 4. The second kappa shape index (κ2) is 5.71. The Hall–Kier alpha value is -2.90. The van der Waals surface area contributed by atoms with E-state index in [1.807, 2.05) is 0 Å². The molecule has 0 bridgehead atoms. The predicted octanol–water partition coefficient (Wildman–Crippen LogP) is -0.151. The number of likely N-dealkylation sites (N-methyl/N-ethyl adjacent to an activating group) is 1. The first-order valence-electron chi connectivity index (χ1n) is 7.11. The lowest BCUT2D eigenvalue weighted by Crippen LogP contribution is -2.43. The number of ether oxygens (including phenoxy) is 1. The predicted molar refractivity (Wildman–Crippen MR) is 77.7 cm³/mol. The van der Waals surface area contributed by atoms with E-state index >= 15 is 0 Å². The van der Waals surface area contributed by atoms with Crippen LogP contribution >= 0.6 is 0 Å². The summed E-state index contributed by atoms with van der Waals surface area (Å²) >= 11 is 0. The zero-order valence-electron chi connectivity index (χ0n) is 12.4. The zero-order valence-corrected chi connectivity index (χ0v) is 12.4. The molecule has 0 aliphatic carbocycles.